The van der Waals surface area contributed by atoms with Crippen LogP contribution in [0.1, 0.15) is 21.5 Å². The van der Waals surface area contributed by atoms with Crippen LogP contribution in [0.5, 0.6) is 11.5 Å². The van der Waals surface area contributed by atoms with Crippen molar-refractivity contribution in [2.45, 2.75) is 13.1 Å². The molecule has 0 saturated carbocycles. The zero-order chi connectivity index (χ0) is 18.6. The Morgan fingerprint density at radius 1 is 0.852 bits per heavy atom. The molecule has 4 rings (SSSR count). The van der Waals surface area contributed by atoms with Crippen molar-refractivity contribution < 1.29 is 18.7 Å². The van der Waals surface area contributed by atoms with E-state index in [1.165, 1.54) is 12.1 Å². The topological polar surface area (TPSA) is 38.8 Å². The van der Waals surface area contributed by atoms with E-state index in [4.69, 9.17) is 9.47 Å². The molecule has 0 unspecified atom stereocenters. The van der Waals surface area contributed by atoms with E-state index in [0.717, 1.165) is 11.1 Å². The van der Waals surface area contributed by atoms with Crippen LogP contribution in [0.4, 0.5) is 4.39 Å². The van der Waals surface area contributed by atoms with Crippen molar-refractivity contribution in [2.75, 3.05) is 6.79 Å². The van der Waals surface area contributed by atoms with E-state index in [9.17, 15) is 9.18 Å². The summed E-state index contributed by atoms with van der Waals surface area (Å²) < 4.78 is 24.9. The molecule has 0 atom stereocenters. The van der Waals surface area contributed by atoms with Crippen molar-refractivity contribution in [3.05, 3.63) is 95.3 Å². The SMILES string of the molecule is O=C(c1ccccc1F)N(Cc1ccccc1)Cc1ccc2c(c1)OCO2. The van der Waals surface area contributed by atoms with Gasteiger partial charge in [0.1, 0.15) is 5.82 Å². The molecular weight excluding hydrogens is 345 g/mol. The molecule has 1 aliphatic heterocycles. The molecule has 1 heterocycles. The Morgan fingerprint density at radius 2 is 1.56 bits per heavy atom. The third kappa shape index (κ3) is 3.77. The van der Waals surface area contributed by atoms with Gasteiger partial charge in [-0.1, -0.05) is 48.5 Å². The minimum absolute atomic E-state index is 0.0641. The second-order valence-corrected chi connectivity index (χ2v) is 6.31. The van der Waals surface area contributed by atoms with E-state index in [0.29, 0.717) is 24.6 Å². The Labute approximate surface area is 156 Å². The van der Waals surface area contributed by atoms with Gasteiger partial charge in [-0.15, -0.1) is 0 Å². The summed E-state index contributed by atoms with van der Waals surface area (Å²) in [4.78, 5) is 14.7. The molecule has 0 N–H and O–H groups in total. The maximum atomic E-state index is 14.2. The maximum absolute atomic E-state index is 14.2. The fraction of sp³-hybridized carbons (Fsp3) is 0.136. The van der Waals surface area contributed by atoms with Crippen LogP contribution in [0, 0.1) is 5.82 Å². The average Bonchev–Trinajstić information content (AvgIpc) is 3.16. The van der Waals surface area contributed by atoms with Gasteiger partial charge in [-0.3, -0.25) is 4.79 Å². The molecular formula is C22H18FNO3. The van der Waals surface area contributed by atoms with Gasteiger partial charge in [0.15, 0.2) is 11.5 Å². The molecule has 0 fully saturated rings. The highest BCUT2D eigenvalue weighted by molar-refractivity contribution is 5.94. The average molecular weight is 363 g/mol. The van der Waals surface area contributed by atoms with Gasteiger partial charge in [0.25, 0.3) is 5.91 Å². The standard InChI is InChI=1S/C22H18FNO3/c23-19-9-5-4-8-18(19)22(25)24(13-16-6-2-1-3-7-16)14-17-10-11-20-21(12-17)27-15-26-20/h1-12H,13-15H2. The molecule has 0 radical (unpaired) electrons. The van der Waals surface area contributed by atoms with Crippen molar-refractivity contribution in [2.24, 2.45) is 0 Å². The zero-order valence-corrected chi connectivity index (χ0v) is 14.6. The Morgan fingerprint density at radius 3 is 2.37 bits per heavy atom. The molecule has 0 spiro atoms. The number of rotatable bonds is 5. The molecule has 0 bridgehead atoms. The largest absolute Gasteiger partial charge is 0.454 e. The first-order chi connectivity index (χ1) is 13.2. The molecule has 1 amide bonds. The number of hydrogen-bond acceptors (Lipinski definition) is 3. The first-order valence-electron chi connectivity index (χ1n) is 8.67. The molecule has 3 aromatic carbocycles. The predicted octanol–water partition coefficient (Wildman–Crippen LogP) is 4.40. The minimum atomic E-state index is -0.522. The minimum Gasteiger partial charge on any atom is -0.454 e. The van der Waals surface area contributed by atoms with Gasteiger partial charge in [0.2, 0.25) is 6.79 Å². The number of benzene rings is 3. The van der Waals surface area contributed by atoms with Gasteiger partial charge < -0.3 is 14.4 Å². The number of carbonyl (C=O) groups excluding carboxylic acids is 1. The van der Waals surface area contributed by atoms with Gasteiger partial charge in [-0.25, -0.2) is 4.39 Å². The Bertz CT molecular complexity index is 959. The van der Waals surface area contributed by atoms with Crippen molar-refractivity contribution in [1.29, 1.82) is 0 Å². The van der Waals surface area contributed by atoms with Crippen LogP contribution in [-0.2, 0) is 13.1 Å². The lowest BCUT2D eigenvalue weighted by atomic mass is 10.1. The highest BCUT2D eigenvalue weighted by Crippen LogP contribution is 2.33. The summed E-state index contributed by atoms with van der Waals surface area (Å²) in [5.41, 5.74) is 1.93. The lowest BCUT2D eigenvalue weighted by Gasteiger charge is -2.23. The van der Waals surface area contributed by atoms with Gasteiger partial charge in [-0.2, -0.15) is 0 Å². The lowest BCUT2D eigenvalue weighted by molar-refractivity contribution is 0.0725. The summed E-state index contributed by atoms with van der Waals surface area (Å²) in [7, 11) is 0. The third-order valence-corrected chi connectivity index (χ3v) is 4.42. The number of nitrogens with zero attached hydrogens (tertiary/aromatic N) is 1. The monoisotopic (exact) mass is 363 g/mol. The fourth-order valence-corrected chi connectivity index (χ4v) is 3.07. The summed E-state index contributed by atoms with van der Waals surface area (Å²) in [5.74, 6) is 0.472. The van der Waals surface area contributed by atoms with Gasteiger partial charge >= 0.3 is 0 Å². The summed E-state index contributed by atoms with van der Waals surface area (Å²) in [6.45, 7) is 0.905. The quantitative estimate of drug-likeness (QED) is 0.675. The van der Waals surface area contributed by atoms with Gasteiger partial charge in [0, 0.05) is 13.1 Å². The number of amides is 1. The van der Waals surface area contributed by atoms with Gasteiger partial charge in [-0.05, 0) is 35.4 Å². The predicted molar refractivity (Wildman–Crippen MR) is 99.0 cm³/mol. The first-order valence-corrected chi connectivity index (χ1v) is 8.67. The van der Waals surface area contributed by atoms with Crippen molar-refractivity contribution in [3.63, 3.8) is 0 Å². The maximum Gasteiger partial charge on any atom is 0.257 e. The number of hydrogen-bond donors (Lipinski definition) is 0. The lowest BCUT2D eigenvalue weighted by Crippen LogP contribution is -2.30. The molecule has 4 nitrogen and oxygen atoms in total. The highest BCUT2D eigenvalue weighted by Gasteiger charge is 2.21. The number of carbonyl (C=O) groups is 1. The van der Waals surface area contributed by atoms with Crippen LogP contribution in [0.25, 0.3) is 0 Å². The van der Waals surface area contributed by atoms with Crippen LogP contribution in [0.3, 0.4) is 0 Å². The van der Waals surface area contributed by atoms with Crippen LogP contribution in [-0.4, -0.2) is 17.6 Å². The number of halogens is 1. The van der Waals surface area contributed by atoms with Crippen LogP contribution < -0.4 is 9.47 Å². The molecule has 1 aliphatic rings. The normalized spacial score (nSPS) is 12.0. The van der Waals surface area contributed by atoms with Crippen molar-refractivity contribution >= 4 is 5.91 Å². The Kier molecular flexibility index (Phi) is 4.75. The summed E-state index contributed by atoms with van der Waals surface area (Å²) in [6.07, 6.45) is 0. The second-order valence-electron chi connectivity index (χ2n) is 6.31. The zero-order valence-electron chi connectivity index (χ0n) is 14.6. The smallest absolute Gasteiger partial charge is 0.257 e. The van der Waals surface area contributed by atoms with Crippen LogP contribution in [0.2, 0.25) is 0 Å². The van der Waals surface area contributed by atoms with Crippen molar-refractivity contribution in [1.82, 2.24) is 4.90 Å². The van der Waals surface area contributed by atoms with E-state index in [1.807, 2.05) is 48.5 Å². The molecule has 136 valence electrons. The van der Waals surface area contributed by atoms with E-state index in [-0.39, 0.29) is 18.3 Å². The molecule has 3 aromatic rings. The summed E-state index contributed by atoms with van der Waals surface area (Å²) >= 11 is 0. The summed E-state index contributed by atoms with van der Waals surface area (Å²) in [5, 5.41) is 0. The number of ether oxygens (including phenoxy) is 2. The van der Waals surface area contributed by atoms with E-state index >= 15 is 0 Å². The van der Waals surface area contributed by atoms with Gasteiger partial charge in [0.05, 0.1) is 5.56 Å². The van der Waals surface area contributed by atoms with E-state index in [1.54, 1.807) is 17.0 Å². The third-order valence-electron chi connectivity index (χ3n) is 4.42. The number of fused-ring (bicyclic) bond motifs is 1. The van der Waals surface area contributed by atoms with E-state index < -0.39 is 5.82 Å². The molecule has 27 heavy (non-hydrogen) atoms. The highest BCUT2D eigenvalue weighted by atomic mass is 19.1. The first kappa shape index (κ1) is 17.1. The molecule has 0 aliphatic carbocycles. The molecule has 5 heteroatoms. The Balaban J connectivity index is 1.63. The Hall–Kier alpha value is -3.34. The van der Waals surface area contributed by atoms with Crippen molar-refractivity contribution in [3.8, 4) is 11.5 Å². The molecule has 0 aromatic heterocycles. The van der Waals surface area contributed by atoms with Crippen LogP contribution in [0.15, 0.2) is 72.8 Å². The summed E-state index contributed by atoms with van der Waals surface area (Å²) in [6, 6.07) is 21.3. The van der Waals surface area contributed by atoms with Crippen LogP contribution >= 0.6 is 0 Å². The van der Waals surface area contributed by atoms with E-state index in [2.05, 4.69) is 0 Å². The molecule has 0 saturated heterocycles. The second kappa shape index (κ2) is 7.50. The fourth-order valence-electron chi connectivity index (χ4n) is 3.07.